The Balaban J connectivity index is 2.07. The zero-order valence-electron chi connectivity index (χ0n) is 11.0. The van der Waals surface area contributed by atoms with Crippen molar-refractivity contribution in [2.24, 2.45) is 0 Å². The Bertz CT molecular complexity index is 665. The van der Waals surface area contributed by atoms with Crippen LogP contribution in [0.2, 0.25) is 0 Å². The summed E-state index contributed by atoms with van der Waals surface area (Å²) in [7, 11) is 1.40. The third kappa shape index (κ3) is 2.07. The van der Waals surface area contributed by atoms with Crippen LogP contribution in [-0.4, -0.2) is 61.8 Å². The minimum absolute atomic E-state index is 0.0518. The lowest BCUT2D eigenvalue weighted by Crippen LogP contribution is -2.29. The van der Waals surface area contributed by atoms with Crippen molar-refractivity contribution in [3.8, 4) is 5.88 Å². The number of aliphatic hydroxyl groups is 2. The molecule has 1 fully saturated rings. The number of anilines is 1. The molecule has 10 heteroatoms. The Hall–Kier alpha value is -2.04. The van der Waals surface area contributed by atoms with Gasteiger partial charge in [0.2, 0.25) is 11.8 Å². The molecule has 2 aromatic heterocycles. The van der Waals surface area contributed by atoms with E-state index in [0.29, 0.717) is 5.52 Å². The maximum absolute atomic E-state index is 13.8. The second kappa shape index (κ2) is 5.06. The van der Waals surface area contributed by atoms with E-state index in [9.17, 15) is 9.50 Å². The molecule has 114 valence electrons. The number of methoxy groups -OCH3 is 1. The SMILES string of the molecule is COc1nc(N)nc2c1ncn2C1OC(CO)C(F)C1O. The molecule has 0 saturated carbocycles. The van der Waals surface area contributed by atoms with Gasteiger partial charge in [0.25, 0.3) is 0 Å². The molecule has 2 aromatic rings. The number of nitrogens with zero attached hydrogens (tertiary/aromatic N) is 4. The van der Waals surface area contributed by atoms with E-state index in [-0.39, 0.29) is 17.5 Å². The summed E-state index contributed by atoms with van der Waals surface area (Å²) in [5, 5.41) is 19.0. The van der Waals surface area contributed by atoms with Gasteiger partial charge in [-0.05, 0) is 0 Å². The first-order valence-electron chi connectivity index (χ1n) is 6.19. The normalized spacial score (nSPS) is 29.1. The first kappa shape index (κ1) is 13.9. The Morgan fingerprint density at radius 1 is 1.52 bits per heavy atom. The molecule has 0 radical (unpaired) electrons. The van der Waals surface area contributed by atoms with Crippen molar-refractivity contribution < 1.29 is 24.1 Å². The third-order valence-electron chi connectivity index (χ3n) is 3.34. The van der Waals surface area contributed by atoms with Crippen LogP contribution in [-0.2, 0) is 4.74 Å². The van der Waals surface area contributed by atoms with Crippen LogP contribution in [0.5, 0.6) is 5.88 Å². The predicted octanol–water partition coefficient (Wildman–Crippen LogP) is -0.994. The number of ether oxygens (including phenoxy) is 2. The van der Waals surface area contributed by atoms with Gasteiger partial charge in [0, 0.05) is 0 Å². The van der Waals surface area contributed by atoms with Gasteiger partial charge in [-0.15, -0.1) is 0 Å². The predicted molar refractivity (Wildman–Crippen MR) is 68.2 cm³/mol. The second-order valence-electron chi connectivity index (χ2n) is 4.60. The smallest absolute Gasteiger partial charge is 0.246 e. The number of fused-ring (bicyclic) bond motifs is 1. The van der Waals surface area contributed by atoms with Gasteiger partial charge in [-0.2, -0.15) is 9.97 Å². The lowest BCUT2D eigenvalue weighted by molar-refractivity contribution is -0.0495. The molecule has 0 aromatic carbocycles. The average molecular weight is 299 g/mol. The van der Waals surface area contributed by atoms with Gasteiger partial charge < -0.3 is 25.4 Å². The first-order valence-corrected chi connectivity index (χ1v) is 6.19. The summed E-state index contributed by atoms with van der Waals surface area (Å²) < 4.78 is 25.5. The van der Waals surface area contributed by atoms with Gasteiger partial charge in [-0.25, -0.2) is 9.37 Å². The monoisotopic (exact) mass is 299 g/mol. The molecule has 0 bridgehead atoms. The molecular weight excluding hydrogens is 285 g/mol. The number of aromatic nitrogens is 4. The third-order valence-corrected chi connectivity index (χ3v) is 3.34. The van der Waals surface area contributed by atoms with Crippen molar-refractivity contribution in [3.63, 3.8) is 0 Å². The lowest BCUT2D eigenvalue weighted by atomic mass is 10.1. The van der Waals surface area contributed by atoms with Crippen LogP contribution in [0, 0.1) is 0 Å². The standard InChI is InChI=1S/C11H14FN5O4/c1-20-9-6-8(15-11(13)16-9)17(3-14-6)10-7(19)5(12)4(2-18)21-10/h3-5,7,10,18-19H,2H2,1H3,(H2,13,15,16). The molecule has 1 aliphatic rings. The zero-order valence-corrected chi connectivity index (χ0v) is 11.0. The van der Waals surface area contributed by atoms with Gasteiger partial charge >= 0.3 is 0 Å². The van der Waals surface area contributed by atoms with E-state index in [1.165, 1.54) is 18.0 Å². The highest BCUT2D eigenvalue weighted by atomic mass is 19.1. The molecule has 0 aliphatic carbocycles. The van der Waals surface area contributed by atoms with Gasteiger partial charge in [0.1, 0.15) is 12.2 Å². The minimum Gasteiger partial charge on any atom is -0.479 e. The zero-order chi connectivity index (χ0) is 15.1. The quantitative estimate of drug-likeness (QED) is 0.658. The molecule has 3 rings (SSSR count). The minimum atomic E-state index is -1.71. The fourth-order valence-corrected chi connectivity index (χ4v) is 2.32. The summed E-state index contributed by atoms with van der Waals surface area (Å²) >= 11 is 0. The molecule has 3 heterocycles. The van der Waals surface area contributed by atoms with Crippen molar-refractivity contribution in [2.75, 3.05) is 19.5 Å². The highest BCUT2D eigenvalue weighted by Crippen LogP contribution is 2.34. The fraction of sp³-hybridized carbons (Fsp3) is 0.545. The molecule has 4 atom stereocenters. The van der Waals surface area contributed by atoms with Crippen molar-refractivity contribution in [1.82, 2.24) is 19.5 Å². The topological polar surface area (TPSA) is 129 Å². The van der Waals surface area contributed by atoms with E-state index in [2.05, 4.69) is 15.0 Å². The number of hydrogen-bond acceptors (Lipinski definition) is 8. The van der Waals surface area contributed by atoms with E-state index >= 15 is 0 Å². The van der Waals surface area contributed by atoms with Crippen molar-refractivity contribution >= 4 is 17.1 Å². The van der Waals surface area contributed by atoms with Crippen LogP contribution < -0.4 is 10.5 Å². The summed E-state index contributed by atoms with van der Waals surface area (Å²) in [4.78, 5) is 12.0. The summed E-state index contributed by atoms with van der Waals surface area (Å²) in [6.07, 6.45) is -4.02. The Morgan fingerprint density at radius 3 is 2.90 bits per heavy atom. The molecule has 4 unspecified atom stereocenters. The van der Waals surface area contributed by atoms with E-state index < -0.39 is 31.2 Å². The summed E-state index contributed by atoms with van der Waals surface area (Å²) in [5.41, 5.74) is 6.14. The van der Waals surface area contributed by atoms with Crippen LogP contribution in [0.3, 0.4) is 0 Å². The number of nitrogens with two attached hydrogens (primary N) is 1. The van der Waals surface area contributed by atoms with Crippen molar-refractivity contribution in [3.05, 3.63) is 6.33 Å². The summed E-state index contributed by atoms with van der Waals surface area (Å²) in [6, 6.07) is 0. The van der Waals surface area contributed by atoms with Gasteiger partial charge in [-0.3, -0.25) is 4.57 Å². The van der Waals surface area contributed by atoms with E-state index in [0.717, 1.165) is 0 Å². The average Bonchev–Trinajstić information content (AvgIpc) is 3.01. The molecule has 0 spiro atoms. The molecule has 9 nitrogen and oxygen atoms in total. The number of hydrogen-bond donors (Lipinski definition) is 3. The van der Waals surface area contributed by atoms with Crippen molar-refractivity contribution in [1.29, 1.82) is 0 Å². The summed E-state index contributed by atoms with van der Waals surface area (Å²) in [5.74, 6) is 0.114. The lowest BCUT2D eigenvalue weighted by Gasteiger charge is -2.16. The highest BCUT2D eigenvalue weighted by Gasteiger charge is 2.45. The van der Waals surface area contributed by atoms with Crippen molar-refractivity contribution in [2.45, 2.75) is 24.6 Å². The number of alkyl halides is 1. The van der Waals surface area contributed by atoms with Crippen LogP contribution in [0.4, 0.5) is 10.3 Å². The molecule has 1 saturated heterocycles. The molecule has 1 aliphatic heterocycles. The number of rotatable bonds is 3. The number of imidazole rings is 1. The Morgan fingerprint density at radius 2 is 2.29 bits per heavy atom. The highest BCUT2D eigenvalue weighted by molar-refractivity contribution is 5.77. The van der Waals surface area contributed by atoms with Gasteiger partial charge in [-0.1, -0.05) is 0 Å². The maximum atomic E-state index is 13.8. The largest absolute Gasteiger partial charge is 0.479 e. The van der Waals surface area contributed by atoms with Crippen LogP contribution in [0.1, 0.15) is 6.23 Å². The second-order valence-corrected chi connectivity index (χ2v) is 4.60. The van der Waals surface area contributed by atoms with Crippen LogP contribution >= 0.6 is 0 Å². The number of aliphatic hydroxyl groups excluding tert-OH is 2. The van der Waals surface area contributed by atoms with E-state index in [4.69, 9.17) is 20.3 Å². The first-order chi connectivity index (χ1) is 10.1. The van der Waals surface area contributed by atoms with Crippen LogP contribution in [0.15, 0.2) is 6.33 Å². The fourth-order valence-electron chi connectivity index (χ4n) is 2.32. The molecule has 4 N–H and O–H groups in total. The van der Waals surface area contributed by atoms with Crippen LogP contribution in [0.25, 0.3) is 11.2 Å². The summed E-state index contributed by atoms with van der Waals surface area (Å²) in [6.45, 7) is -0.540. The maximum Gasteiger partial charge on any atom is 0.246 e. The van der Waals surface area contributed by atoms with E-state index in [1.54, 1.807) is 0 Å². The molecule has 0 amide bonds. The molecule has 21 heavy (non-hydrogen) atoms. The number of nitrogen functional groups attached to an aromatic ring is 1. The molecular formula is C11H14FN5O4. The van der Waals surface area contributed by atoms with Gasteiger partial charge in [0.15, 0.2) is 23.6 Å². The Labute approximate surface area is 118 Å². The van der Waals surface area contributed by atoms with E-state index in [1.807, 2.05) is 0 Å². The number of halogens is 1. The Kier molecular flexibility index (Phi) is 3.35. The van der Waals surface area contributed by atoms with Gasteiger partial charge in [0.05, 0.1) is 20.0 Å².